The molecular weight excluding hydrogens is 390 g/mol. The minimum atomic E-state index is -1.82. The molecule has 1 amide bonds. The van der Waals surface area contributed by atoms with Crippen molar-refractivity contribution in [3.8, 4) is 0 Å². The first-order chi connectivity index (χ1) is 14.4. The third-order valence-corrected chi connectivity index (χ3v) is 4.54. The highest BCUT2D eigenvalue weighted by Crippen LogP contribution is 2.13. The van der Waals surface area contributed by atoms with Crippen molar-refractivity contribution >= 4 is 28.9 Å². The van der Waals surface area contributed by atoms with E-state index in [-0.39, 0.29) is 5.91 Å². The molecule has 10 nitrogen and oxygen atoms in total. The Morgan fingerprint density at radius 2 is 1.60 bits per heavy atom. The number of aromatic nitrogens is 3. The lowest BCUT2D eigenvalue weighted by atomic mass is 10.2. The van der Waals surface area contributed by atoms with Gasteiger partial charge in [0.2, 0.25) is 0 Å². The number of aliphatic carboxylic acids is 2. The van der Waals surface area contributed by atoms with E-state index < -0.39 is 11.9 Å². The molecule has 2 aromatic heterocycles. The largest absolute Gasteiger partial charge is 0.473 e. The second-order valence-electron chi connectivity index (χ2n) is 6.59. The van der Waals surface area contributed by atoms with Crippen molar-refractivity contribution < 1.29 is 24.6 Å². The smallest absolute Gasteiger partial charge is 0.414 e. The molecule has 0 radical (unpaired) electrons. The fourth-order valence-corrected chi connectivity index (χ4v) is 3.05. The van der Waals surface area contributed by atoms with E-state index >= 15 is 0 Å². The van der Waals surface area contributed by atoms with Gasteiger partial charge in [-0.2, -0.15) is 0 Å². The van der Waals surface area contributed by atoms with Gasteiger partial charge >= 0.3 is 11.9 Å². The molecule has 1 fully saturated rings. The molecule has 10 heteroatoms. The van der Waals surface area contributed by atoms with Crippen molar-refractivity contribution in [2.45, 2.75) is 6.54 Å². The van der Waals surface area contributed by atoms with E-state index in [0.29, 0.717) is 5.69 Å². The van der Waals surface area contributed by atoms with Crippen LogP contribution in [0.3, 0.4) is 0 Å². The minimum absolute atomic E-state index is 0.0130. The van der Waals surface area contributed by atoms with E-state index in [9.17, 15) is 4.79 Å². The van der Waals surface area contributed by atoms with E-state index in [1.807, 2.05) is 41.3 Å². The van der Waals surface area contributed by atoms with Crippen LogP contribution in [-0.2, 0) is 16.1 Å². The number of hydrogen-bond donors (Lipinski definition) is 3. The first-order valence-corrected chi connectivity index (χ1v) is 9.26. The summed E-state index contributed by atoms with van der Waals surface area (Å²) in [6.07, 6.45) is 1.66. The van der Waals surface area contributed by atoms with Gasteiger partial charge in [-0.3, -0.25) is 14.7 Å². The van der Waals surface area contributed by atoms with Crippen molar-refractivity contribution in [1.82, 2.24) is 24.8 Å². The SMILES string of the molecule is O=C(O)C(=O)O.O=C(c1ccccn1)N1CCN(Cc2nc3ccccc3[nH]2)CC1. The summed E-state index contributed by atoms with van der Waals surface area (Å²) in [4.78, 5) is 46.9. The molecule has 4 rings (SSSR count). The number of piperazine rings is 1. The Labute approximate surface area is 171 Å². The number of carbonyl (C=O) groups is 3. The number of amides is 1. The zero-order valence-corrected chi connectivity index (χ0v) is 16.1. The first kappa shape index (κ1) is 20.9. The van der Waals surface area contributed by atoms with Gasteiger partial charge in [0.1, 0.15) is 11.5 Å². The van der Waals surface area contributed by atoms with Gasteiger partial charge in [-0.05, 0) is 24.3 Å². The van der Waals surface area contributed by atoms with Gasteiger partial charge in [0.15, 0.2) is 0 Å². The van der Waals surface area contributed by atoms with Crippen LogP contribution in [0.5, 0.6) is 0 Å². The van der Waals surface area contributed by atoms with Gasteiger partial charge in [0.25, 0.3) is 5.91 Å². The first-order valence-electron chi connectivity index (χ1n) is 9.26. The van der Waals surface area contributed by atoms with Crippen LogP contribution in [0.15, 0.2) is 48.7 Å². The van der Waals surface area contributed by atoms with E-state index in [2.05, 4.69) is 19.9 Å². The molecular formula is C20H21N5O5. The lowest BCUT2D eigenvalue weighted by Crippen LogP contribution is -2.48. The average Bonchev–Trinajstić information content (AvgIpc) is 3.17. The van der Waals surface area contributed by atoms with Crippen molar-refractivity contribution in [2.24, 2.45) is 0 Å². The summed E-state index contributed by atoms with van der Waals surface area (Å²) in [5.41, 5.74) is 2.58. The fourth-order valence-electron chi connectivity index (χ4n) is 3.05. The van der Waals surface area contributed by atoms with Gasteiger partial charge in [-0.1, -0.05) is 18.2 Å². The Kier molecular flexibility index (Phi) is 6.71. The van der Waals surface area contributed by atoms with E-state index in [1.54, 1.807) is 12.3 Å². The highest BCUT2D eigenvalue weighted by atomic mass is 16.4. The predicted molar refractivity (Wildman–Crippen MR) is 107 cm³/mol. The van der Waals surface area contributed by atoms with Gasteiger partial charge in [0, 0.05) is 32.4 Å². The van der Waals surface area contributed by atoms with Gasteiger partial charge in [-0.15, -0.1) is 0 Å². The van der Waals surface area contributed by atoms with E-state index in [1.165, 1.54) is 0 Å². The molecule has 156 valence electrons. The van der Waals surface area contributed by atoms with Crippen molar-refractivity contribution in [2.75, 3.05) is 26.2 Å². The van der Waals surface area contributed by atoms with Gasteiger partial charge in [-0.25, -0.2) is 14.6 Å². The lowest BCUT2D eigenvalue weighted by Gasteiger charge is -2.34. The van der Waals surface area contributed by atoms with Crippen LogP contribution in [0.1, 0.15) is 16.3 Å². The second kappa shape index (κ2) is 9.61. The highest BCUT2D eigenvalue weighted by Gasteiger charge is 2.23. The lowest BCUT2D eigenvalue weighted by molar-refractivity contribution is -0.159. The van der Waals surface area contributed by atoms with Crippen molar-refractivity contribution in [1.29, 1.82) is 0 Å². The number of imidazole rings is 1. The molecule has 1 aliphatic heterocycles. The zero-order valence-electron chi connectivity index (χ0n) is 16.1. The summed E-state index contributed by atoms with van der Waals surface area (Å²) in [7, 11) is 0. The summed E-state index contributed by atoms with van der Waals surface area (Å²) >= 11 is 0. The maximum atomic E-state index is 12.4. The third-order valence-electron chi connectivity index (χ3n) is 4.54. The van der Waals surface area contributed by atoms with E-state index in [0.717, 1.165) is 49.6 Å². The highest BCUT2D eigenvalue weighted by molar-refractivity contribution is 6.27. The number of aromatic amines is 1. The molecule has 3 N–H and O–H groups in total. The molecule has 3 aromatic rings. The fraction of sp³-hybridized carbons (Fsp3) is 0.250. The number of hydrogen-bond acceptors (Lipinski definition) is 6. The van der Waals surface area contributed by atoms with Crippen LogP contribution >= 0.6 is 0 Å². The maximum Gasteiger partial charge on any atom is 0.414 e. The molecule has 30 heavy (non-hydrogen) atoms. The van der Waals surface area contributed by atoms with Gasteiger partial charge < -0.3 is 20.1 Å². The molecule has 1 saturated heterocycles. The van der Waals surface area contributed by atoms with Crippen molar-refractivity contribution in [3.05, 3.63) is 60.2 Å². The van der Waals surface area contributed by atoms with Crippen LogP contribution in [0.2, 0.25) is 0 Å². The van der Waals surface area contributed by atoms with Gasteiger partial charge in [0.05, 0.1) is 17.6 Å². The van der Waals surface area contributed by atoms with Crippen molar-refractivity contribution in [3.63, 3.8) is 0 Å². The Morgan fingerprint density at radius 1 is 0.933 bits per heavy atom. The summed E-state index contributed by atoms with van der Waals surface area (Å²) in [6, 6.07) is 13.5. The number of nitrogens with zero attached hydrogens (tertiary/aromatic N) is 4. The standard InChI is InChI=1S/C18H19N5O.C2H2O4/c24-18(16-7-3-4-8-19-16)23-11-9-22(10-12-23)13-17-20-14-5-1-2-6-15(14)21-17;3-1(4)2(5)6/h1-8H,9-13H2,(H,20,21);(H,3,4)(H,5,6). The molecule has 0 unspecified atom stereocenters. The number of pyridine rings is 1. The Morgan fingerprint density at radius 3 is 2.20 bits per heavy atom. The number of rotatable bonds is 3. The summed E-state index contributed by atoms with van der Waals surface area (Å²) in [5, 5.41) is 14.8. The number of fused-ring (bicyclic) bond motifs is 1. The van der Waals surface area contributed by atoms with Crippen LogP contribution < -0.4 is 0 Å². The zero-order chi connectivity index (χ0) is 21.5. The number of H-pyrrole nitrogens is 1. The molecule has 1 aromatic carbocycles. The number of para-hydroxylation sites is 2. The maximum absolute atomic E-state index is 12.4. The number of carbonyl (C=O) groups excluding carboxylic acids is 1. The summed E-state index contributed by atoms with van der Waals surface area (Å²) in [6.45, 7) is 3.90. The Balaban J connectivity index is 0.000000377. The minimum Gasteiger partial charge on any atom is -0.473 e. The molecule has 0 saturated carbocycles. The number of nitrogens with one attached hydrogen (secondary N) is 1. The molecule has 1 aliphatic rings. The number of carboxylic acid groups (broad SMARTS) is 2. The van der Waals surface area contributed by atoms with E-state index in [4.69, 9.17) is 19.8 Å². The molecule has 0 bridgehead atoms. The Bertz CT molecular complexity index is 983. The predicted octanol–water partition coefficient (Wildman–Crippen LogP) is 1.07. The molecule has 0 spiro atoms. The van der Waals surface area contributed by atoms with Crippen LogP contribution in [0.4, 0.5) is 0 Å². The second-order valence-corrected chi connectivity index (χ2v) is 6.59. The third kappa shape index (κ3) is 5.39. The Hall–Kier alpha value is -3.79. The normalized spacial score (nSPS) is 14.1. The average molecular weight is 411 g/mol. The van der Waals surface area contributed by atoms with Crippen LogP contribution in [-0.4, -0.2) is 79.0 Å². The van der Waals surface area contributed by atoms with Crippen LogP contribution in [0.25, 0.3) is 11.0 Å². The number of benzene rings is 1. The molecule has 3 heterocycles. The van der Waals surface area contributed by atoms with Crippen LogP contribution in [0, 0.1) is 0 Å². The quantitative estimate of drug-likeness (QED) is 0.544. The monoisotopic (exact) mass is 411 g/mol. The summed E-state index contributed by atoms with van der Waals surface area (Å²) < 4.78 is 0. The molecule has 0 aliphatic carbocycles. The molecule has 0 atom stereocenters. The topological polar surface area (TPSA) is 140 Å². The number of carboxylic acids is 2. The summed E-state index contributed by atoms with van der Waals surface area (Å²) in [5.74, 6) is -2.66.